The Balaban J connectivity index is 1.21. The van der Waals surface area contributed by atoms with Gasteiger partial charge in [-0.15, -0.1) is 0 Å². The maximum absolute atomic E-state index is 13.5. The topological polar surface area (TPSA) is 84.2 Å². The molecule has 0 spiro atoms. The summed E-state index contributed by atoms with van der Waals surface area (Å²) in [5.74, 6) is -1.16. The average Bonchev–Trinajstić information content (AvgIpc) is 3.66. The van der Waals surface area contributed by atoms with E-state index in [0.29, 0.717) is 25.7 Å². The highest BCUT2D eigenvalue weighted by Gasteiger charge is 2.37. The first-order valence-electron chi connectivity index (χ1n) is 18.2. The lowest BCUT2D eigenvalue weighted by atomic mass is 9.87. The van der Waals surface area contributed by atoms with Gasteiger partial charge in [0.05, 0.1) is 0 Å². The molecular formula is C43H50N2O4. The summed E-state index contributed by atoms with van der Waals surface area (Å²) >= 11 is 0. The van der Waals surface area contributed by atoms with Crippen LogP contribution in [0.1, 0.15) is 109 Å². The van der Waals surface area contributed by atoms with E-state index in [1.54, 1.807) is 0 Å². The van der Waals surface area contributed by atoms with Crippen molar-refractivity contribution in [1.29, 1.82) is 0 Å². The molecule has 6 aromatic rings. The summed E-state index contributed by atoms with van der Waals surface area (Å²) in [6.45, 7) is 12.5. The summed E-state index contributed by atoms with van der Waals surface area (Å²) in [4.78, 5) is 34.1. The van der Waals surface area contributed by atoms with Crippen LogP contribution in [0.2, 0.25) is 0 Å². The second-order valence-corrected chi connectivity index (χ2v) is 13.6. The van der Waals surface area contributed by atoms with Gasteiger partial charge in [-0.3, -0.25) is 9.59 Å². The summed E-state index contributed by atoms with van der Waals surface area (Å²) in [7, 11) is 0. The van der Waals surface area contributed by atoms with Crippen LogP contribution in [-0.4, -0.2) is 21.9 Å². The molecule has 49 heavy (non-hydrogen) atoms. The van der Waals surface area contributed by atoms with Gasteiger partial charge in [-0.05, 0) is 97.2 Å². The lowest BCUT2D eigenvalue weighted by Gasteiger charge is -2.34. The van der Waals surface area contributed by atoms with E-state index < -0.39 is 29.6 Å². The zero-order valence-electron chi connectivity index (χ0n) is 29.9. The van der Waals surface area contributed by atoms with Crippen molar-refractivity contribution in [1.82, 2.24) is 9.97 Å². The molecule has 4 aromatic carbocycles. The maximum atomic E-state index is 13.5. The van der Waals surface area contributed by atoms with Gasteiger partial charge in [-0.25, -0.2) is 0 Å². The van der Waals surface area contributed by atoms with Gasteiger partial charge in [0.25, 0.3) is 0 Å². The Hall–Kier alpha value is -4.58. The molecule has 0 fully saturated rings. The first kappa shape index (κ1) is 34.3. The number of rotatable bonds is 14. The fourth-order valence-electron chi connectivity index (χ4n) is 7.71. The van der Waals surface area contributed by atoms with E-state index in [0.717, 1.165) is 69.6 Å². The molecule has 0 aliphatic carbocycles. The number of esters is 2. The molecule has 2 heterocycles. The highest BCUT2D eigenvalue weighted by atomic mass is 16.6. The maximum Gasteiger partial charge on any atom is 0.318 e. The number of benzene rings is 4. The van der Waals surface area contributed by atoms with Crippen molar-refractivity contribution in [2.24, 2.45) is 0 Å². The third-order valence-electron chi connectivity index (χ3n) is 10.6. The van der Waals surface area contributed by atoms with Crippen LogP contribution in [0.15, 0.2) is 72.8 Å². The number of ether oxygens (including phenoxy) is 2. The molecule has 0 bridgehead atoms. The van der Waals surface area contributed by atoms with Crippen molar-refractivity contribution >= 4 is 55.6 Å². The Labute approximate surface area is 289 Å². The minimum Gasteiger partial charge on any atom is -0.454 e. The lowest BCUT2D eigenvalue weighted by Crippen LogP contribution is -2.35. The molecule has 6 nitrogen and oxygen atoms in total. The molecule has 0 amide bonds. The molecule has 0 aliphatic rings. The molecule has 256 valence electrons. The van der Waals surface area contributed by atoms with Crippen LogP contribution >= 0.6 is 0 Å². The van der Waals surface area contributed by atoms with Crippen LogP contribution in [0, 0.1) is 0 Å². The highest BCUT2D eigenvalue weighted by Crippen LogP contribution is 2.39. The van der Waals surface area contributed by atoms with Crippen molar-refractivity contribution in [2.45, 2.75) is 111 Å². The Bertz CT molecular complexity index is 1970. The van der Waals surface area contributed by atoms with E-state index in [2.05, 4.69) is 96.6 Å². The van der Waals surface area contributed by atoms with Crippen LogP contribution < -0.4 is 0 Å². The molecule has 2 N–H and O–H groups in total. The summed E-state index contributed by atoms with van der Waals surface area (Å²) in [5.41, 5.74) is 6.95. The van der Waals surface area contributed by atoms with E-state index in [1.807, 2.05) is 27.7 Å². The number of aromatic amines is 2. The summed E-state index contributed by atoms with van der Waals surface area (Å²) < 4.78 is 12.4. The monoisotopic (exact) mass is 658 g/mol. The van der Waals surface area contributed by atoms with Crippen molar-refractivity contribution in [3.05, 3.63) is 95.1 Å². The first-order valence-corrected chi connectivity index (χ1v) is 18.2. The van der Waals surface area contributed by atoms with Crippen molar-refractivity contribution in [3.8, 4) is 0 Å². The van der Waals surface area contributed by atoms with E-state index in [-0.39, 0.29) is 0 Å². The van der Waals surface area contributed by atoms with Crippen LogP contribution in [-0.2, 0) is 43.1 Å². The molecule has 0 aliphatic heterocycles. The number of carbonyl (C=O) groups is 2. The largest absolute Gasteiger partial charge is 0.454 e. The Kier molecular flexibility index (Phi) is 9.87. The normalized spacial score (nSPS) is 12.4. The predicted octanol–water partition coefficient (Wildman–Crippen LogP) is 11.1. The fraction of sp³-hybridized carbons (Fsp3) is 0.395. The van der Waals surface area contributed by atoms with E-state index in [4.69, 9.17) is 9.47 Å². The van der Waals surface area contributed by atoms with Gasteiger partial charge in [-0.2, -0.15) is 0 Å². The number of aryl methyl sites for hydroxylation is 2. The van der Waals surface area contributed by atoms with Crippen molar-refractivity contribution in [2.75, 3.05) is 0 Å². The summed E-state index contributed by atoms with van der Waals surface area (Å²) in [6.07, 6.45) is 6.16. The quantitative estimate of drug-likeness (QED) is 0.0901. The van der Waals surface area contributed by atoms with Gasteiger partial charge in [0.15, 0.2) is 0 Å². The molecule has 0 atom stereocenters. The molecule has 0 radical (unpaired) electrons. The Morgan fingerprint density at radius 2 is 0.918 bits per heavy atom. The smallest absolute Gasteiger partial charge is 0.318 e. The standard InChI is InChI=1S/C43H50N2O4/c1-7-13-28-15-21-36-34(23-28)32-19-17-30(25-38(32)44-36)42(9-3,10-4)48-40(46)27-41(47)49-43(11-5,12-6)31-18-20-33-35-24-29(14-8-2)16-22-37(35)45-39(33)26-31/h15-26,44-45H,7-14,27H2,1-6H3. The number of aromatic nitrogens is 2. The molecule has 0 saturated carbocycles. The SMILES string of the molecule is CCCc1ccc2[nH]c3cc(C(CC)(CC)OC(=O)CC(=O)OC(CC)(CC)c4ccc5c(c4)[nH]c4ccc(CCC)cc45)ccc3c2c1. The van der Waals surface area contributed by atoms with Crippen LogP contribution in [0.4, 0.5) is 0 Å². The second kappa shape index (κ2) is 14.1. The lowest BCUT2D eigenvalue weighted by molar-refractivity contribution is -0.174. The number of nitrogens with one attached hydrogen (secondary N) is 2. The Morgan fingerprint density at radius 3 is 1.29 bits per heavy atom. The third kappa shape index (κ3) is 6.46. The number of fused-ring (bicyclic) bond motifs is 6. The zero-order chi connectivity index (χ0) is 34.8. The first-order chi connectivity index (χ1) is 23.7. The van der Waals surface area contributed by atoms with Gasteiger partial charge in [0.2, 0.25) is 0 Å². The molecule has 0 saturated heterocycles. The number of hydrogen-bond donors (Lipinski definition) is 2. The van der Waals surface area contributed by atoms with Crippen LogP contribution in [0.5, 0.6) is 0 Å². The van der Waals surface area contributed by atoms with Gasteiger partial charge in [0.1, 0.15) is 17.6 Å². The number of hydrogen-bond acceptors (Lipinski definition) is 4. The fourth-order valence-corrected chi connectivity index (χ4v) is 7.71. The van der Waals surface area contributed by atoms with Gasteiger partial charge in [0, 0.05) is 43.6 Å². The van der Waals surface area contributed by atoms with E-state index >= 15 is 0 Å². The van der Waals surface area contributed by atoms with Crippen LogP contribution in [0.25, 0.3) is 43.6 Å². The summed E-state index contributed by atoms with van der Waals surface area (Å²) in [5, 5.41) is 4.70. The second-order valence-electron chi connectivity index (χ2n) is 13.6. The molecule has 0 unspecified atom stereocenters. The third-order valence-corrected chi connectivity index (χ3v) is 10.6. The predicted molar refractivity (Wildman–Crippen MR) is 201 cm³/mol. The minimum atomic E-state index is -0.861. The molecule has 2 aromatic heterocycles. The molecule has 6 heteroatoms. The Morgan fingerprint density at radius 1 is 0.510 bits per heavy atom. The van der Waals surface area contributed by atoms with Crippen molar-refractivity contribution < 1.29 is 19.1 Å². The van der Waals surface area contributed by atoms with Crippen molar-refractivity contribution in [3.63, 3.8) is 0 Å². The highest BCUT2D eigenvalue weighted by molar-refractivity contribution is 6.08. The van der Waals surface area contributed by atoms with Crippen LogP contribution in [0.3, 0.4) is 0 Å². The van der Waals surface area contributed by atoms with E-state index in [9.17, 15) is 9.59 Å². The number of H-pyrrole nitrogens is 2. The molecular weight excluding hydrogens is 608 g/mol. The van der Waals surface area contributed by atoms with Gasteiger partial charge in [-0.1, -0.05) is 90.8 Å². The minimum absolute atomic E-state index is 0.451. The van der Waals surface area contributed by atoms with Gasteiger partial charge >= 0.3 is 11.9 Å². The van der Waals surface area contributed by atoms with Gasteiger partial charge < -0.3 is 19.4 Å². The van der Waals surface area contributed by atoms with E-state index in [1.165, 1.54) is 21.9 Å². The summed E-state index contributed by atoms with van der Waals surface area (Å²) in [6, 6.07) is 25.7. The number of carbonyl (C=O) groups excluding carboxylic acids is 2. The molecule has 6 rings (SSSR count). The zero-order valence-corrected chi connectivity index (χ0v) is 29.9. The average molecular weight is 659 g/mol.